The van der Waals surface area contributed by atoms with Crippen LogP contribution in [-0.4, -0.2) is 34.2 Å². The number of nitrogens with zero attached hydrogens (tertiary/aromatic N) is 2. The van der Waals surface area contributed by atoms with Gasteiger partial charge >= 0.3 is 0 Å². The lowest BCUT2D eigenvalue weighted by molar-refractivity contribution is 0.0925. The molecule has 0 aromatic carbocycles. The van der Waals surface area contributed by atoms with Crippen LogP contribution < -0.4 is 10.6 Å². The molecule has 7 heteroatoms. The van der Waals surface area contributed by atoms with Crippen molar-refractivity contribution in [1.82, 2.24) is 20.8 Å². The van der Waals surface area contributed by atoms with Gasteiger partial charge in [-0.05, 0) is 45.6 Å². The van der Waals surface area contributed by atoms with Crippen LogP contribution in [0.25, 0.3) is 11.1 Å². The van der Waals surface area contributed by atoms with Crippen molar-refractivity contribution in [3.05, 3.63) is 23.0 Å². The first kappa shape index (κ1) is 16.2. The quantitative estimate of drug-likeness (QED) is 0.879. The van der Waals surface area contributed by atoms with E-state index in [0.717, 1.165) is 23.9 Å². The Labute approximate surface area is 140 Å². The van der Waals surface area contributed by atoms with Crippen molar-refractivity contribution in [2.75, 3.05) is 0 Å². The monoisotopic (exact) mass is 336 g/mol. The second kappa shape index (κ2) is 6.09. The van der Waals surface area contributed by atoms with Gasteiger partial charge in [-0.1, -0.05) is 5.16 Å². The van der Waals surface area contributed by atoms with E-state index < -0.39 is 0 Å². The number of carbonyl (C=O) groups excluding carboxylic acids is 1. The first-order valence-electron chi connectivity index (χ1n) is 7.90. The average molecular weight is 337 g/mol. The van der Waals surface area contributed by atoms with Crippen molar-refractivity contribution in [3.63, 3.8) is 0 Å². The number of aromatic nitrogens is 2. The largest absolute Gasteiger partial charge is 0.349 e. The molecule has 2 fully saturated rings. The third-order valence-electron chi connectivity index (χ3n) is 4.80. The molecule has 0 spiro atoms. The summed E-state index contributed by atoms with van der Waals surface area (Å²) in [4.78, 5) is 17.0. The summed E-state index contributed by atoms with van der Waals surface area (Å²) >= 11 is 0. The third kappa shape index (κ3) is 2.93. The molecule has 2 unspecified atom stereocenters. The Morgan fingerprint density at radius 3 is 2.70 bits per heavy atom. The van der Waals surface area contributed by atoms with E-state index in [2.05, 4.69) is 20.8 Å². The van der Waals surface area contributed by atoms with Crippen molar-refractivity contribution < 1.29 is 9.32 Å². The Morgan fingerprint density at radius 2 is 2.00 bits per heavy atom. The zero-order valence-electron chi connectivity index (χ0n) is 13.3. The van der Waals surface area contributed by atoms with Crippen LogP contribution >= 0.6 is 12.4 Å². The number of pyridine rings is 1. The minimum Gasteiger partial charge on any atom is -0.349 e. The normalized spacial score (nSPS) is 26.1. The van der Waals surface area contributed by atoms with Crippen LogP contribution in [0, 0.1) is 13.8 Å². The summed E-state index contributed by atoms with van der Waals surface area (Å²) in [6.07, 6.45) is 4.47. The number of rotatable bonds is 2. The molecule has 2 saturated heterocycles. The molecular weight excluding hydrogens is 316 g/mol. The summed E-state index contributed by atoms with van der Waals surface area (Å²) in [5.74, 6) is -0.0481. The van der Waals surface area contributed by atoms with E-state index in [0.29, 0.717) is 29.1 Å². The van der Waals surface area contributed by atoms with Gasteiger partial charge in [0.25, 0.3) is 11.6 Å². The van der Waals surface area contributed by atoms with E-state index in [1.807, 2.05) is 19.9 Å². The van der Waals surface area contributed by atoms with E-state index in [1.54, 1.807) is 0 Å². The van der Waals surface area contributed by atoms with Gasteiger partial charge in [0.2, 0.25) is 0 Å². The van der Waals surface area contributed by atoms with Gasteiger partial charge in [0, 0.05) is 23.8 Å². The number of amides is 1. The van der Waals surface area contributed by atoms with E-state index >= 15 is 0 Å². The van der Waals surface area contributed by atoms with E-state index in [9.17, 15) is 4.79 Å². The van der Waals surface area contributed by atoms with Crippen molar-refractivity contribution in [1.29, 1.82) is 0 Å². The fourth-order valence-electron chi connectivity index (χ4n) is 3.83. The summed E-state index contributed by atoms with van der Waals surface area (Å²) in [5, 5.41) is 11.4. The highest BCUT2D eigenvalue weighted by Crippen LogP contribution is 2.27. The Morgan fingerprint density at radius 1 is 1.30 bits per heavy atom. The highest BCUT2D eigenvalue weighted by Gasteiger charge is 2.34. The number of halogens is 1. The molecule has 6 nitrogen and oxygen atoms in total. The number of piperidine rings is 1. The van der Waals surface area contributed by atoms with Gasteiger partial charge in [0.05, 0.1) is 16.6 Å². The topological polar surface area (TPSA) is 80.0 Å². The van der Waals surface area contributed by atoms with Gasteiger partial charge in [0.15, 0.2) is 0 Å². The molecule has 0 aliphatic carbocycles. The Kier molecular flexibility index (Phi) is 4.29. The van der Waals surface area contributed by atoms with Crippen LogP contribution in [0.1, 0.15) is 47.4 Å². The molecule has 2 bridgehead atoms. The first-order chi connectivity index (χ1) is 10.6. The average Bonchev–Trinajstić information content (AvgIpc) is 3.01. The van der Waals surface area contributed by atoms with Gasteiger partial charge in [-0.25, -0.2) is 4.98 Å². The van der Waals surface area contributed by atoms with Gasteiger partial charge < -0.3 is 15.2 Å². The summed E-state index contributed by atoms with van der Waals surface area (Å²) in [6.45, 7) is 3.70. The van der Waals surface area contributed by atoms with E-state index in [1.165, 1.54) is 12.8 Å². The molecule has 2 N–H and O–H groups in total. The summed E-state index contributed by atoms with van der Waals surface area (Å²) in [7, 11) is 0. The van der Waals surface area contributed by atoms with Crippen LogP contribution in [0.5, 0.6) is 0 Å². The van der Waals surface area contributed by atoms with Crippen molar-refractivity contribution in [2.45, 2.75) is 57.7 Å². The van der Waals surface area contributed by atoms with E-state index in [-0.39, 0.29) is 24.4 Å². The highest BCUT2D eigenvalue weighted by molar-refractivity contribution is 6.06. The fraction of sp³-hybridized carbons (Fsp3) is 0.562. The van der Waals surface area contributed by atoms with Crippen LogP contribution in [0.15, 0.2) is 10.6 Å². The van der Waals surface area contributed by atoms with Crippen molar-refractivity contribution >= 4 is 29.4 Å². The third-order valence-corrected chi connectivity index (χ3v) is 4.80. The van der Waals surface area contributed by atoms with Crippen molar-refractivity contribution in [3.8, 4) is 0 Å². The Bertz CT molecular complexity index is 733. The maximum Gasteiger partial charge on any atom is 0.258 e. The lowest BCUT2D eigenvalue weighted by Gasteiger charge is -2.29. The van der Waals surface area contributed by atoms with Crippen LogP contribution in [0.2, 0.25) is 0 Å². The summed E-state index contributed by atoms with van der Waals surface area (Å²) < 4.78 is 5.20. The fourth-order valence-corrected chi connectivity index (χ4v) is 3.83. The number of aryl methyl sites for hydroxylation is 2. The van der Waals surface area contributed by atoms with Crippen molar-refractivity contribution in [2.24, 2.45) is 0 Å². The molecule has 2 aliphatic rings. The molecule has 124 valence electrons. The number of carbonyl (C=O) groups is 1. The maximum atomic E-state index is 12.7. The number of hydrogen-bond donors (Lipinski definition) is 2. The second-order valence-corrected chi connectivity index (χ2v) is 6.54. The van der Waals surface area contributed by atoms with E-state index in [4.69, 9.17) is 4.52 Å². The Hall–Kier alpha value is -1.66. The molecule has 2 aromatic heterocycles. The van der Waals surface area contributed by atoms with Gasteiger partial charge in [-0.2, -0.15) is 0 Å². The van der Waals surface area contributed by atoms with Gasteiger partial charge in [-0.15, -0.1) is 12.4 Å². The predicted molar refractivity (Wildman–Crippen MR) is 89.0 cm³/mol. The summed E-state index contributed by atoms with van der Waals surface area (Å²) in [6, 6.07) is 3.17. The molecule has 2 aliphatic heterocycles. The van der Waals surface area contributed by atoms with Crippen LogP contribution in [0.3, 0.4) is 0 Å². The molecule has 0 radical (unpaired) electrons. The first-order valence-corrected chi connectivity index (χ1v) is 7.90. The number of fused-ring (bicyclic) bond motifs is 3. The van der Waals surface area contributed by atoms with Crippen LogP contribution in [0.4, 0.5) is 0 Å². The summed E-state index contributed by atoms with van der Waals surface area (Å²) in [5.41, 5.74) is 2.53. The molecule has 0 saturated carbocycles. The van der Waals surface area contributed by atoms with Gasteiger partial charge in [0.1, 0.15) is 0 Å². The molecule has 4 heterocycles. The number of nitrogens with one attached hydrogen (secondary N) is 2. The number of hydrogen-bond acceptors (Lipinski definition) is 5. The molecule has 2 atom stereocenters. The molecule has 23 heavy (non-hydrogen) atoms. The highest BCUT2D eigenvalue weighted by atomic mass is 35.5. The molecule has 4 rings (SSSR count). The predicted octanol–water partition coefficient (Wildman–Crippen LogP) is 2.27. The van der Waals surface area contributed by atoms with Gasteiger partial charge in [-0.3, -0.25) is 4.79 Å². The minimum atomic E-state index is -0.0481. The SMILES string of the molecule is Cc1cc(C(=O)NC2CC3CCC(C2)N3)c2c(C)noc2n1.Cl. The zero-order chi connectivity index (χ0) is 15.3. The zero-order valence-corrected chi connectivity index (χ0v) is 14.1. The van der Waals surface area contributed by atoms with Crippen LogP contribution in [-0.2, 0) is 0 Å². The minimum absolute atomic E-state index is 0. The Balaban J connectivity index is 0.00000156. The smallest absolute Gasteiger partial charge is 0.258 e. The standard InChI is InChI=1S/C16H20N4O2.ClH/c1-8-5-13(14-9(2)20-22-16(14)17-8)15(21)19-12-6-10-3-4-11(7-12)18-10;/h5,10-12,18H,3-4,6-7H2,1-2H3,(H,19,21);1H. The second-order valence-electron chi connectivity index (χ2n) is 6.54. The molecular formula is C16H21ClN4O2. The lowest BCUT2D eigenvalue weighted by Crippen LogP contribution is -2.48. The lowest BCUT2D eigenvalue weighted by atomic mass is 9.99. The molecule has 2 aromatic rings. The maximum absolute atomic E-state index is 12.7. The molecule has 1 amide bonds.